The lowest BCUT2D eigenvalue weighted by atomic mass is 9.82. The first kappa shape index (κ1) is 16.3. The van der Waals surface area contributed by atoms with Gasteiger partial charge in [0.25, 0.3) is 0 Å². The normalized spacial score (nSPS) is 31.3. The molecule has 0 N–H and O–H groups in total. The zero-order chi connectivity index (χ0) is 15.4. The summed E-state index contributed by atoms with van der Waals surface area (Å²) in [5.41, 5.74) is 0. The van der Waals surface area contributed by atoms with Gasteiger partial charge in [0.15, 0.2) is 0 Å². The molecule has 2 atom stereocenters. The van der Waals surface area contributed by atoms with Crippen LogP contribution < -0.4 is 0 Å². The van der Waals surface area contributed by atoms with Crippen molar-refractivity contribution in [1.82, 2.24) is 9.80 Å². The molecule has 0 radical (unpaired) electrons. The lowest BCUT2D eigenvalue weighted by Gasteiger charge is -2.48. The van der Waals surface area contributed by atoms with Crippen molar-refractivity contribution in [3.05, 3.63) is 0 Å². The summed E-state index contributed by atoms with van der Waals surface area (Å²) < 4.78 is 0. The van der Waals surface area contributed by atoms with Crippen molar-refractivity contribution in [3.8, 4) is 0 Å². The minimum absolute atomic E-state index is 0.426. The fourth-order valence-corrected chi connectivity index (χ4v) is 4.95. The first-order chi connectivity index (χ1) is 10.8. The van der Waals surface area contributed by atoms with Crippen LogP contribution in [0.15, 0.2) is 0 Å². The summed E-state index contributed by atoms with van der Waals surface area (Å²) in [6.45, 7) is 7.01. The molecular weight excluding hydrogens is 272 g/mol. The van der Waals surface area contributed by atoms with Crippen LogP contribution in [-0.2, 0) is 4.79 Å². The zero-order valence-corrected chi connectivity index (χ0v) is 14.4. The molecule has 126 valence electrons. The number of carbonyl (C=O) groups excluding carboxylic acids is 1. The minimum atomic E-state index is 0.426. The molecule has 3 nitrogen and oxygen atoms in total. The maximum Gasteiger partial charge on any atom is 0.222 e. The molecule has 3 aliphatic rings. The molecule has 2 heterocycles. The van der Waals surface area contributed by atoms with Gasteiger partial charge in [0.05, 0.1) is 0 Å². The van der Waals surface area contributed by atoms with Crippen molar-refractivity contribution in [2.45, 2.75) is 77.2 Å². The predicted molar refractivity (Wildman–Crippen MR) is 90.8 cm³/mol. The number of fused-ring (bicyclic) bond motifs is 1. The summed E-state index contributed by atoms with van der Waals surface area (Å²) in [5.74, 6) is 2.12. The van der Waals surface area contributed by atoms with Gasteiger partial charge in [-0.15, -0.1) is 0 Å². The van der Waals surface area contributed by atoms with Gasteiger partial charge in [0.1, 0.15) is 0 Å². The number of hydrogen-bond acceptors (Lipinski definition) is 2. The van der Waals surface area contributed by atoms with Crippen LogP contribution in [0.5, 0.6) is 0 Å². The second kappa shape index (κ2) is 7.81. The summed E-state index contributed by atoms with van der Waals surface area (Å²) in [4.78, 5) is 17.2. The van der Waals surface area contributed by atoms with E-state index in [1.54, 1.807) is 0 Å². The number of amides is 1. The third-order valence-electron chi connectivity index (χ3n) is 6.22. The van der Waals surface area contributed by atoms with E-state index >= 15 is 0 Å². The molecule has 1 saturated carbocycles. The second-order valence-corrected chi connectivity index (χ2v) is 7.86. The number of carbonyl (C=O) groups is 1. The Balaban J connectivity index is 1.53. The van der Waals surface area contributed by atoms with Crippen molar-refractivity contribution >= 4 is 5.91 Å². The van der Waals surface area contributed by atoms with Crippen LogP contribution >= 0.6 is 0 Å². The Labute approximate surface area is 136 Å². The standard InChI is InChI=1S/C19H34N2O/c1-2-3-12-21-18-11-13-20(14-16-7-5-4-6-8-16)15-17(18)9-10-19(21)22/h16-18H,2-15H2,1H3/t17-,18+/m0/s1. The number of unbranched alkanes of at least 4 members (excludes halogenated alkanes) is 1. The lowest BCUT2D eigenvalue weighted by Crippen LogP contribution is -2.56. The summed E-state index contributed by atoms with van der Waals surface area (Å²) >= 11 is 0. The van der Waals surface area contributed by atoms with Crippen LogP contribution in [-0.4, -0.2) is 47.9 Å². The maximum atomic E-state index is 12.3. The molecule has 0 aromatic heterocycles. The van der Waals surface area contributed by atoms with Gasteiger partial charge in [0, 0.05) is 38.6 Å². The van der Waals surface area contributed by atoms with E-state index in [9.17, 15) is 4.79 Å². The second-order valence-electron chi connectivity index (χ2n) is 7.86. The van der Waals surface area contributed by atoms with E-state index in [0.717, 1.165) is 31.2 Å². The molecule has 0 bridgehead atoms. The summed E-state index contributed by atoms with van der Waals surface area (Å²) in [6.07, 6.45) is 12.7. The smallest absolute Gasteiger partial charge is 0.222 e. The van der Waals surface area contributed by atoms with E-state index in [0.29, 0.717) is 11.9 Å². The van der Waals surface area contributed by atoms with Crippen molar-refractivity contribution in [2.75, 3.05) is 26.2 Å². The predicted octanol–water partition coefficient (Wildman–Crippen LogP) is 3.68. The van der Waals surface area contributed by atoms with Gasteiger partial charge in [-0.25, -0.2) is 0 Å². The highest BCUT2D eigenvalue weighted by Crippen LogP contribution is 2.33. The largest absolute Gasteiger partial charge is 0.339 e. The number of nitrogens with zero attached hydrogens (tertiary/aromatic N) is 2. The molecule has 3 heteroatoms. The third kappa shape index (κ3) is 3.84. The molecule has 2 aliphatic heterocycles. The minimum Gasteiger partial charge on any atom is -0.339 e. The fraction of sp³-hybridized carbons (Fsp3) is 0.947. The average Bonchev–Trinajstić information content (AvgIpc) is 2.55. The third-order valence-corrected chi connectivity index (χ3v) is 6.22. The monoisotopic (exact) mass is 306 g/mol. The van der Waals surface area contributed by atoms with Gasteiger partial charge in [0.2, 0.25) is 5.91 Å². The Kier molecular flexibility index (Phi) is 5.78. The first-order valence-electron chi connectivity index (χ1n) is 9.79. The van der Waals surface area contributed by atoms with Crippen LogP contribution in [0.25, 0.3) is 0 Å². The molecule has 3 rings (SSSR count). The van der Waals surface area contributed by atoms with Crippen LogP contribution in [0, 0.1) is 11.8 Å². The molecule has 0 spiro atoms. The van der Waals surface area contributed by atoms with Crippen molar-refractivity contribution in [2.24, 2.45) is 11.8 Å². The van der Waals surface area contributed by atoms with E-state index in [2.05, 4.69) is 16.7 Å². The Morgan fingerprint density at radius 2 is 1.91 bits per heavy atom. The molecule has 3 fully saturated rings. The van der Waals surface area contributed by atoms with Crippen LogP contribution in [0.1, 0.15) is 71.1 Å². The maximum absolute atomic E-state index is 12.3. The van der Waals surface area contributed by atoms with Gasteiger partial charge in [-0.1, -0.05) is 32.6 Å². The lowest BCUT2D eigenvalue weighted by molar-refractivity contribution is -0.141. The van der Waals surface area contributed by atoms with Crippen molar-refractivity contribution in [3.63, 3.8) is 0 Å². The molecule has 2 saturated heterocycles. The summed E-state index contributed by atoms with van der Waals surface area (Å²) in [7, 11) is 0. The Morgan fingerprint density at radius 1 is 1.09 bits per heavy atom. The highest BCUT2D eigenvalue weighted by Gasteiger charge is 2.39. The van der Waals surface area contributed by atoms with Crippen LogP contribution in [0.4, 0.5) is 0 Å². The highest BCUT2D eigenvalue weighted by molar-refractivity contribution is 5.77. The number of hydrogen-bond donors (Lipinski definition) is 0. The topological polar surface area (TPSA) is 23.6 Å². The SMILES string of the molecule is CCCCN1C(=O)CC[C@H]2CN(CC3CCCCC3)CC[C@H]21. The number of likely N-dealkylation sites (tertiary alicyclic amines) is 2. The Morgan fingerprint density at radius 3 is 2.68 bits per heavy atom. The molecule has 0 aromatic rings. The molecule has 22 heavy (non-hydrogen) atoms. The van der Waals surface area contributed by atoms with Crippen molar-refractivity contribution < 1.29 is 4.79 Å². The Hall–Kier alpha value is -0.570. The zero-order valence-electron chi connectivity index (χ0n) is 14.4. The number of rotatable bonds is 5. The van der Waals surface area contributed by atoms with E-state index in [1.807, 2.05) is 0 Å². The van der Waals surface area contributed by atoms with Gasteiger partial charge < -0.3 is 9.80 Å². The van der Waals surface area contributed by atoms with Gasteiger partial charge >= 0.3 is 0 Å². The van der Waals surface area contributed by atoms with Crippen LogP contribution in [0.2, 0.25) is 0 Å². The van der Waals surface area contributed by atoms with Gasteiger partial charge in [-0.2, -0.15) is 0 Å². The molecule has 1 amide bonds. The van der Waals surface area contributed by atoms with Gasteiger partial charge in [-0.3, -0.25) is 4.79 Å². The highest BCUT2D eigenvalue weighted by atomic mass is 16.2. The van der Waals surface area contributed by atoms with Crippen molar-refractivity contribution in [1.29, 1.82) is 0 Å². The average molecular weight is 306 g/mol. The van der Waals surface area contributed by atoms with E-state index in [4.69, 9.17) is 0 Å². The summed E-state index contributed by atoms with van der Waals surface area (Å²) in [5, 5.41) is 0. The molecule has 1 aliphatic carbocycles. The van der Waals surface area contributed by atoms with Crippen LogP contribution in [0.3, 0.4) is 0 Å². The quantitative estimate of drug-likeness (QED) is 0.773. The van der Waals surface area contributed by atoms with E-state index in [1.165, 1.54) is 71.0 Å². The van der Waals surface area contributed by atoms with E-state index in [-0.39, 0.29) is 0 Å². The van der Waals surface area contributed by atoms with Gasteiger partial charge in [-0.05, 0) is 43.9 Å². The molecule has 0 unspecified atom stereocenters. The van der Waals surface area contributed by atoms with E-state index < -0.39 is 0 Å². The fourth-order valence-electron chi connectivity index (χ4n) is 4.95. The Bertz CT molecular complexity index is 364. The first-order valence-corrected chi connectivity index (χ1v) is 9.79. The molecule has 0 aromatic carbocycles. The summed E-state index contributed by atoms with van der Waals surface area (Å²) in [6, 6.07) is 0.551. The number of piperidine rings is 2. The molecular formula is C19H34N2O.